The summed E-state index contributed by atoms with van der Waals surface area (Å²) in [7, 11) is 2.00. The van der Waals surface area contributed by atoms with Crippen molar-refractivity contribution in [3.05, 3.63) is 0 Å². The molecule has 0 aliphatic heterocycles. The van der Waals surface area contributed by atoms with E-state index in [0.29, 0.717) is 0 Å². The van der Waals surface area contributed by atoms with Gasteiger partial charge in [0.25, 0.3) is 0 Å². The van der Waals surface area contributed by atoms with Crippen molar-refractivity contribution >= 4 is 0 Å². The molecule has 2 heteroatoms. The quantitative estimate of drug-likeness (QED) is 0.634. The molecule has 2 N–H and O–H groups in total. The van der Waals surface area contributed by atoms with Gasteiger partial charge in [-0.05, 0) is 11.8 Å². The second-order valence-corrected chi connectivity index (χ2v) is 4.09. The van der Waals surface area contributed by atoms with Gasteiger partial charge < -0.3 is 10.2 Å². The average Bonchev–Trinajstić information content (AvgIpc) is 2.34. The first-order valence-corrected chi connectivity index (χ1v) is 5.86. The Kier molecular flexibility index (Phi) is 9.42. The third kappa shape index (κ3) is 4.43. The smallest absolute Gasteiger partial charge is 0.0319 e. The van der Waals surface area contributed by atoms with Crippen LogP contribution in [-0.4, -0.2) is 24.4 Å². The molecule has 2 nitrogen and oxygen atoms in total. The number of rotatable bonds is 0. The summed E-state index contributed by atoms with van der Waals surface area (Å²) < 4.78 is 0. The first kappa shape index (κ1) is 13.9. The third-order valence-corrected chi connectivity index (χ3v) is 3.47. The van der Waals surface area contributed by atoms with E-state index in [-0.39, 0.29) is 0 Å². The van der Waals surface area contributed by atoms with E-state index in [2.05, 4.69) is 0 Å². The van der Waals surface area contributed by atoms with Gasteiger partial charge in [-0.25, -0.2) is 0 Å². The van der Waals surface area contributed by atoms with Crippen LogP contribution >= 0.6 is 0 Å². The molecule has 2 saturated carbocycles. The molecule has 0 unspecified atom stereocenters. The second-order valence-electron chi connectivity index (χ2n) is 4.09. The lowest BCUT2D eigenvalue weighted by molar-refractivity contribution is 0.171. The first-order chi connectivity index (χ1) is 6.97. The van der Waals surface area contributed by atoms with Crippen molar-refractivity contribution < 1.29 is 10.2 Å². The van der Waals surface area contributed by atoms with Crippen molar-refractivity contribution in [2.45, 2.75) is 51.4 Å². The van der Waals surface area contributed by atoms with Crippen LogP contribution < -0.4 is 0 Å². The molecular weight excluding hydrogens is 176 g/mol. The van der Waals surface area contributed by atoms with Crippen LogP contribution in [0, 0.1) is 11.8 Å². The molecule has 0 aromatic heterocycles. The molecule has 86 valence electrons. The average molecular weight is 202 g/mol. The van der Waals surface area contributed by atoms with Crippen molar-refractivity contribution in [3.8, 4) is 0 Å². The fourth-order valence-corrected chi connectivity index (χ4v) is 2.86. The minimum absolute atomic E-state index is 1.00. The SMILES string of the molecule is C1CCC2CCCCC2C1.CO.CO. The van der Waals surface area contributed by atoms with Crippen LogP contribution in [0.4, 0.5) is 0 Å². The Morgan fingerprint density at radius 2 is 0.786 bits per heavy atom. The number of fused-ring (bicyclic) bond motifs is 1. The van der Waals surface area contributed by atoms with Gasteiger partial charge in [0, 0.05) is 14.2 Å². The highest BCUT2D eigenvalue weighted by molar-refractivity contribution is 4.78. The fourth-order valence-electron chi connectivity index (χ4n) is 2.86. The number of aliphatic hydroxyl groups excluding tert-OH is 2. The van der Waals surface area contributed by atoms with E-state index in [4.69, 9.17) is 10.2 Å². The molecule has 0 heterocycles. The zero-order valence-corrected chi connectivity index (χ0v) is 9.71. The molecule has 2 aliphatic rings. The lowest BCUT2D eigenvalue weighted by atomic mass is 9.71. The van der Waals surface area contributed by atoms with Gasteiger partial charge >= 0.3 is 0 Å². The Hall–Kier alpha value is -0.0800. The fraction of sp³-hybridized carbons (Fsp3) is 1.00. The summed E-state index contributed by atoms with van der Waals surface area (Å²) in [4.78, 5) is 0. The Balaban J connectivity index is 0.000000379. The molecule has 0 aromatic carbocycles. The highest BCUT2D eigenvalue weighted by Gasteiger charge is 2.26. The zero-order valence-electron chi connectivity index (χ0n) is 9.71. The van der Waals surface area contributed by atoms with E-state index in [9.17, 15) is 0 Å². The summed E-state index contributed by atoms with van der Waals surface area (Å²) in [6.07, 6.45) is 12.4. The van der Waals surface area contributed by atoms with Crippen LogP contribution in [0.15, 0.2) is 0 Å². The standard InChI is InChI=1S/C10H18.2CH4O/c1-2-6-10-8-4-3-7-9(10)5-1;2*1-2/h9-10H,1-8H2;2*2H,1H3. The van der Waals surface area contributed by atoms with E-state index >= 15 is 0 Å². The van der Waals surface area contributed by atoms with Gasteiger partial charge in [-0.3, -0.25) is 0 Å². The van der Waals surface area contributed by atoms with Crippen molar-refractivity contribution in [1.29, 1.82) is 0 Å². The van der Waals surface area contributed by atoms with Gasteiger partial charge in [-0.15, -0.1) is 0 Å². The van der Waals surface area contributed by atoms with Crippen LogP contribution in [0.25, 0.3) is 0 Å². The summed E-state index contributed by atoms with van der Waals surface area (Å²) in [5, 5.41) is 14.0. The molecule has 14 heavy (non-hydrogen) atoms. The normalized spacial score (nSPS) is 30.0. The van der Waals surface area contributed by atoms with Gasteiger partial charge in [-0.2, -0.15) is 0 Å². The lowest BCUT2D eigenvalue weighted by Gasteiger charge is -2.35. The summed E-state index contributed by atoms with van der Waals surface area (Å²) >= 11 is 0. The molecule has 0 saturated heterocycles. The van der Waals surface area contributed by atoms with Crippen LogP contribution in [-0.2, 0) is 0 Å². The van der Waals surface area contributed by atoms with Gasteiger partial charge in [-0.1, -0.05) is 51.4 Å². The minimum atomic E-state index is 1.00. The van der Waals surface area contributed by atoms with E-state index in [1.165, 1.54) is 25.7 Å². The molecule has 0 radical (unpaired) electrons. The molecule has 2 aliphatic carbocycles. The van der Waals surface area contributed by atoms with Crippen LogP contribution in [0.3, 0.4) is 0 Å². The summed E-state index contributed by atoms with van der Waals surface area (Å²) in [6, 6.07) is 0. The Bertz CT molecular complexity index is 88.9. The Morgan fingerprint density at radius 1 is 0.571 bits per heavy atom. The van der Waals surface area contributed by atoms with Crippen LogP contribution in [0.2, 0.25) is 0 Å². The zero-order chi connectivity index (χ0) is 10.8. The third-order valence-electron chi connectivity index (χ3n) is 3.47. The molecular formula is C12H26O2. The molecule has 0 atom stereocenters. The largest absolute Gasteiger partial charge is 0.400 e. The highest BCUT2D eigenvalue weighted by atomic mass is 16.2. The highest BCUT2D eigenvalue weighted by Crippen LogP contribution is 2.39. The number of aliphatic hydroxyl groups is 2. The molecule has 0 spiro atoms. The Labute approximate surface area is 88.3 Å². The predicted molar refractivity (Wildman–Crippen MR) is 60.2 cm³/mol. The van der Waals surface area contributed by atoms with E-state index in [0.717, 1.165) is 26.1 Å². The van der Waals surface area contributed by atoms with Gasteiger partial charge in [0.05, 0.1) is 0 Å². The summed E-state index contributed by atoms with van der Waals surface area (Å²) in [6.45, 7) is 0. The van der Waals surface area contributed by atoms with Gasteiger partial charge in [0.1, 0.15) is 0 Å². The maximum Gasteiger partial charge on any atom is 0.0319 e. The van der Waals surface area contributed by atoms with Crippen molar-refractivity contribution in [1.82, 2.24) is 0 Å². The van der Waals surface area contributed by atoms with Gasteiger partial charge in [0.2, 0.25) is 0 Å². The molecule has 2 fully saturated rings. The number of hydrogen-bond acceptors (Lipinski definition) is 2. The molecule has 0 amide bonds. The minimum Gasteiger partial charge on any atom is -0.400 e. The predicted octanol–water partition coefficient (Wildman–Crippen LogP) is 2.58. The molecule has 2 rings (SSSR count). The maximum atomic E-state index is 7.00. The lowest BCUT2D eigenvalue weighted by Crippen LogP contribution is -2.22. The molecule has 0 bridgehead atoms. The van der Waals surface area contributed by atoms with Gasteiger partial charge in [0.15, 0.2) is 0 Å². The Morgan fingerprint density at radius 3 is 1.00 bits per heavy atom. The maximum absolute atomic E-state index is 7.00. The van der Waals surface area contributed by atoms with E-state index in [1.807, 2.05) is 0 Å². The summed E-state index contributed by atoms with van der Waals surface area (Å²) in [5.41, 5.74) is 0. The number of hydrogen-bond donors (Lipinski definition) is 2. The summed E-state index contributed by atoms with van der Waals surface area (Å²) in [5.74, 6) is 2.31. The van der Waals surface area contributed by atoms with Crippen molar-refractivity contribution in [3.63, 3.8) is 0 Å². The van der Waals surface area contributed by atoms with Crippen LogP contribution in [0.1, 0.15) is 51.4 Å². The monoisotopic (exact) mass is 202 g/mol. The van der Waals surface area contributed by atoms with E-state index < -0.39 is 0 Å². The topological polar surface area (TPSA) is 40.5 Å². The molecule has 0 aromatic rings. The first-order valence-electron chi connectivity index (χ1n) is 5.86. The van der Waals surface area contributed by atoms with Crippen molar-refractivity contribution in [2.24, 2.45) is 11.8 Å². The van der Waals surface area contributed by atoms with Crippen LogP contribution in [0.5, 0.6) is 0 Å². The van der Waals surface area contributed by atoms with E-state index in [1.54, 1.807) is 25.7 Å². The second kappa shape index (κ2) is 9.47. The van der Waals surface area contributed by atoms with Crippen molar-refractivity contribution in [2.75, 3.05) is 14.2 Å².